The molecule has 3 aliphatic rings. The highest BCUT2D eigenvalue weighted by molar-refractivity contribution is 9.10. The van der Waals surface area contributed by atoms with Gasteiger partial charge in [0.2, 0.25) is 0 Å². The molecule has 0 aliphatic heterocycles. The predicted molar refractivity (Wildman–Crippen MR) is 41.6 cm³/mol. The van der Waals surface area contributed by atoms with E-state index < -0.39 is 0 Å². The summed E-state index contributed by atoms with van der Waals surface area (Å²) in [4.78, 5) is 1.48. The number of alkyl halides is 2. The monoisotopic (exact) mass is 236 g/mol. The van der Waals surface area contributed by atoms with Gasteiger partial charge in [0.25, 0.3) is 0 Å². The van der Waals surface area contributed by atoms with Crippen molar-refractivity contribution in [2.45, 2.75) is 9.65 Å². The van der Waals surface area contributed by atoms with Crippen molar-refractivity contribution in [2.24, 2.45) is 11.8 Å². The van der Waals surface area contributed by atoms with E-state index in [0.29, 0.717) is 0 Å². The van der Waals surface area contributed by atoms with Crippen molar-refractivity contribution in [3.63, 3.8) is 0 Å². The molecule has 0 aromatic carbocycles. The zero-order valence-corrected chi connectivity index (χ0v) is 7.39. The Kier molecular flexibility index (Phi) is 1.10. The zero-order valence-electron chi connectivity index (χ0n) is 4.22. The molecule has 0 N–H and O–H groups in total. The van der Waals surface area contributed by atoms with Crippen molar-refractivity contribution in [3.8, 4) is 0 Å². The van der Waals surface area contributed by atoms with Crippen LogP contribution < -0.4 is 0 Å². The number of allylic oxidation sites excluding steroid dienone is 2. The average Bonchev–Trinajstić information content (AvgIpc) is 2.26. The van der Waals surface area contributed by atoms with Gasteiger partial charge in [0.1, 0.15) is 0 Å². The largest absolute Gasteiger partial charge is 0.0877 e. The van der Waals surface area contributed by atoms with Crippen LogP contribution in [0.15, 0.2) is 12.2 Å². The Hall–Kier alpha value is 0.700. The Labute approximate surface area is 65.6 Å². The summed E-state index contributed by atoms with van der Waals surface area (Å²) in [6, 6.07) is 0. The highest BCUT2D eigenvalue weighted by Crippen LogP contribution is 2.51. The lowest BCUT2D eigenvalue weighted by molar-refractivity contribution is 0.382. The molecule has 0 amide bonds. The average molecular weight is 238 g/mol. The number of halogens is 2. The topological polar surface area (TPSA) is 0 Å². The first-order valence-electron chi connectivity index (χ1n) is 2.77. The molecule has 0 aromatic rings. The van der Waals surface area contributed by atoms with E-state index in [-0.39, 0.29) is 0 Å². The second-order valence-corrected chi connectivity index (χ2v) is 4.54. The zero-order chi connectivity index (χ0) is 5.72. The third kappa shape index (κ3) is 0.462. The van der Waals surface area contributed by atoms with E-state index in [1.807, 2.05) is 0 Å². The van der Waals surface area contributed by atoms with Crippen molar-refractivity contribution >= 4 is 31.9 Å². The Bertz CT molecular complexity index is 117. The Balaban J connectivity index is 2.22. The van der Waals surface area contributed by atoms with Gasteiger partial charge in [-0.15, -0.1) is 0 Å². The molecule has 1 fully saturated rings. The van der Waals surface area contributed by atoms with Crippen molar-refractivity contribution in [2.75, 3.05) is 0 Å². The van der Waals surface area contributed by atoms with E-state index in [4.69, 9.17) is 0 Å². The fourth-order valence-corrected chi connectivity index (χ4v) is 4.24. The van der Waals surface area contributed by atoms with E-state index in [1.165, 1.54) is 0 Å². The maximum absolute atomic E-state index is 3.60. The van der Waals surface area contributed by atoms with Gasteiger partial charge in [-0.3, -0.25) is 0 Å². The Morgan fingerprint density at radius 3 is 1.38 bits per heavy atom. The van der Waals surface area contributed by atoms with Crippen molar-refractivity contribution in [1.29, 1.82) is 0 Å². The van der Waals surface area contributed by atoms with Crippen LogP contribution in [0.25, 0.3) is 0 Å². The highest BCUT2D eigenvalue weighted by atomic mass is 79.9. The van der Waals surface area contributed by atoms with Gasteiger partial charge in [-0.1, -0.05) is 44.0 Å². The summed E-state index contributed by atoms with van der Waals surface area (Å²) in [5.74, 6) is 1.56. The molecule has 0 aromatic heterocycles. The van der Waals surface area contributed by atoms with Crippen LogP contribution in [-0.2, 0) is 0 Å². The van der Waals surface area contributed by atoms with Crippen LogP contribution in [0.3, 0.4) is 0 Å². The molecule has 0 radical (unpaired) electrons. The molecule has 2 heteroatoms. The van der Waals surface area contributed by atoms with Crippen LogP contribution in [0.1, 0.15) is 0 Å². The molecule has 0 nitrogen and oxygen atoms in total. The molecule has 3 aliphatic carbocycles. The lowest BCUT2D eigenvalue weighted by Gasteiger charge is -2.37. The molecule has 0 heterocycles. The molecule has 0 spiro atoms. The third-order valence-electron chi connectivity index (χ3n) is 2.03. The summed E-state index contributed by atoms with van der Waals surface area (Å²) in [5.41, 5.74) is 0. The van der Waals surface area contributed by atoms with Crippen LogP contribution in [0.5, 0.6) is 0 Å². The van der Waals surface area contributed by atoms with E-state index in [9.17, 15) is 0 Å². The first-order chi connectivity index (χ1) is 3.80. The summed E-state index contributed by atoms with van der Waals surface area (Å²) >= 11 is 7.20. The number of rotatable bonds is 0. The lowest BCUT2D eigenvalue weighted by atomic mass is 9.83. The number of hydrogen-bond acceptors (Lipinski definition) is 0. The lowest BCUT2D eigenvalue weighted by Crippen LogP contribution is -2.41. The quantitative estimate of drug-likeness (QED) is 0.448. The highest BCUT2D eigenvalue weighted by Gasteiger charge is 2.48. The van der Waals surface area contributed by atoms with Gasteiger partial charge in [0.05, 0.1) is 0 Å². The van der Waals surface area contributed by atoms with Gasteiger partial charge in [0.15, 0.2) is 0 Å². The molecule has 0 atom stereocenters. The van der Waals surface area contributed by atoms with E-state index in [2.05, 4.69) is 44.0 Å². The van der Waals surface area contributed by atoms with Crippen LogP contribution in [0.4, 0.5) is 0 Å². The molecule has 0 unspecified atom stereocenters. The van der Waals surface area contributed by atoms with Gasteiger partial charge in [-0.05, 0) is 0 Å². The van der Waals surface area contributed by atoms with Crippen molar-refractivity contribution in [1.82, 2.24) is 0 Å². The SMILES string of the molecule is BrC1C2C=CC1C2Br. The van der Waals surface area contributed by atoms with E-state index >= 15 is 0 Å². The first kappa shape index (κ1) is 5.48. The molecule has 2 bridgehead atoms. The fourth-order valence-electron chi connectivity index (χ4n) is 1.40. The number of hydrogen-bond donors (Lipinski definition) is 0. The van der Waals surface area contributed by atoms with Crippen LogP contribution in [-0.4, -0.2) is 9.65 Å². The maximum atomic E-state index is 3.60. The molecule has 44 valence electrons. The molecule has 3 rings (SSSR count). The second-order valence-electron chi connectivity index (χ2n) is 2.43. The predicted octanol–water partition coefficient (Wildman–Crippen LogP) is 2.33. The van der Waals surface area contributed by atoms with Gasteiger partial charge in [-0.2, -0.15) is 0 Å². The minimum Gasteiger partial charge on any atom is -0.0877 e. The molecule has 0 saturated heterocycles. The van der Waals surface area contributed by atoms with Crippen LogP contribution in [0.2, 0.25) is 0 Å². The summed E-state index contributed by atoms with van der Waals surface area (Å²) < 4.78 is 0. The van der Waals surface area contributed by atoms with Crippen LogP contribution in [0, 0.1) is 11.8 Å². The second kappa shape index (κ2) is 1.60. The fraction of sp³-hybridized carbons (Fsp3) is 0.667. The van der Waals surface area contributed by atoms with Gasteiger partial charge < -0.3 is 0 Å². The van der Waals surface area contributed by atoms with Crippen molar-refractivity contribution in [3.05, 3.63) is 12.2 Å². The summed E-state index contributed by atoms with van der Waals surface area (Å²) in [6.45, 7) is 0. The molecule has 8 heavy (non-hydrogen) atoms. The Morgan fingerprint density at radius 1 is 0.875 bits per heavy atom. The summed E-state index contributed by atoms with van der Waals surface area (Å²) in [7, 11) is 0. The minimum atomic E-state index is 0.742. The standard InChI is InChI=1S/C6H6Br2/c7-5-3-1-2-4(5)6(3)8/h1-6H. The van der Waals surface area contributed by atoms with Crippen LogP contribution >= 0.6 is 31.9 Å². The molecular weight excluding hydrogens is 232 g/mol. The minimum absolute atomic E-state index is 0.742. The van der Waals surface area contributed by atoms with E-state index in [1.54, 1.807) is 0 Å². The Morgan fingerprint density at radius 2 is 1.25 bits per heavy atom. The molecular formula is C6H6Br2. The normalized spacial score (nSPS) is 58.8. The first-order valence-corrected chi connectivity index (χ1v) is 4.60. The van der Waals surface area contributed by atoms with Crippen molar-refractivity contribution < 1.29 is 0 Å². The summed E-state index contributed by atoms with van der Waals surface area (Å²) in [5, 5.41) is 0. The van der Waals surface area contributed by atoms with Gasteiger partial charge in [0, 0.05) is 21.5 Å². The van der Waals surface area contributed by atoms with Gasteiger partial charge >= 0.3 is 0 Å². The summed E-state index contributed by atoms with van der Waals surface area (Å²) in [6.07, 6.45) is 4.59. The maximum Gasteiger partial charge on any atom is 0.0293 e. The van der Waals surface area contributed by atoms with Gasteiger partial charge in [-0.25, -0.2) is 0 Å². The smallest absolute Gasteiger partial charge is 0.0293 e. The molecule has 1 saturated carbocycles. The van der Waals surface area contributed by atoms with E-state index in [0.717, 1.165) is 21.5 Å². The third-order valence-corrected chi connectivity index (χ3v) is 4.47.